The molecule has 0 saturated heterocycles. The molecule has 198 valence electrons. The van der Waals surface area contributed by atoms with Crippen molar-refractivity contribution in [2.75, 3.05) is 32.1 Å². The number of carbonyl (C=O) groups is 1. The maximum atomic E-state index is 13.4. The van der Waals surface area contributed by atoms with Crippen molar-refractivity contribution in [3.05, 3.63) is 33.4 Å². The third kappa shape index (κ3) is 5.22. The van der Waals surface area contributed by atoms with Gasteiger partial charge in [-0.15, -0.1) is 0 Å². The van der Waals surface area contributed by atoms with Gasteiger partial charge in [0.2, 0.25) is 5.91 Å². The Kier molecular flexibility index (Phi) is 6.23. The number of halogens is 7. The number of ether oxygens (including phenoxy) is 1. The van der Waals surface area contributed by atoms with Crippen LogP contribution < -0.4 is 10.6 Å². The van der Waals surface area contributed by atoms with Crippen LogP contribution in [0.2, 0.25) is 10.0 Å². The Morgan fingerprint density at radius 1 is 1.25 bits per heavy atom. The van der Waals surface area contributed by atoms with Crippen molar-refractivity contribution >= 4 is 45.2 Å². The highest BCUT2D eigenvalue weighted by Gasteiger charge is 2.65. The fraction of sp³-hybridized carbons (Fsp3) is 0.476. The third-order valence-corrected chi connectivity index (χ3v) is 7.85. The maximum absolute atomic E-state index is 13.4. The van der Waals surface area contributed by atoms with Crippen LogP contribution >= 0.6 is 33.4 Å². The average molecular weight is 574 g/mol. The van der Waals surface area contributed by atoms with E-state index in [4.69, 9.17) is 27.9 Å². The molecule has 7 nitrogen and oxygen atoms in total. The molecule has 2 aromatic rings. The predicted octanol–water partition coefficient (Wildman–Crippen LogP) is 6.32. The largest absolute Gasteiger partial charge is 0.383 e. The van der Waals surface area contributed by atoms with E-state index in [9.17, 15) is 29.5 Å². The van der Waals surface area contributed by atoms with Crippen molar-refractivity contribution in [1.82, 2.24) is 15.1 Å². The lowest BCUT2D eigenvalue weighted by Crippen LogP contribution is -2.37. The number of hydrogen-bond acceptors (Lipinski definition) is 5. The first kappa shape index (κ1) is 26.8. The van der Waals surface area contributed by atoms with E-state index in [1.165, 1.54) is 7.11 Å². The zero-order chi connectivity index (χ0) is 26.6. The van der Waals surface area contributed by atoms with Crippen LogP contribution in [0.1, 0.15) is 36.9 Å². The van der Waals surface area contributed by atoms with Crippen LogP contribution in [0, 0.1) is 17.2 Å². The molecule has 2 saturated carbocycles. The van der Waals surface area contributed by atoms with Crippen LogP contribution in [0.5, 0.6) is 0 Å². The van der Waals surface area contributed by atoms with Gasteiger partial charge in [0.05, 0.1) is 22.1 Å². The smallest absolute Gasteiger partial charge is 0.310 e. The molecule has 0 spiro atoms. The zero-order valence-electron chi connectivity index (χ0n) is 18.9. The van der Waals surface area contributed by atoms with Crippen LogP contribution in [-0.4, -0.2) is 42.5 Å². The summed E-state index contributed by atoms with van der Waals surface area (Å²) in [4.78, 5) is 10.8. The van der Waals surface area contributed by atoms with E-state index in [0.717, 1.165) is 17.5 Å². The maximum Gasteiger partial charge on any atom is 0.310 e. The van der Waals surface area contributed by atoms with Gasteiger partial charge < -0.3 is 15.4 Å². The fourth-order valence-corrected chi connectivity index (χ4v) is 5.41. The molecule has 2 fully saturated rings. The minimum atomic E-state index is -10.1. The van der Waals surface area contributed by atoms with Crippen LogP contribution in [0.15, 0.2) is 17.0 Å². The number of methoxy groups -OCH3 is 1. The molecular formula is C21H22Cl2F5N5O2S. The number of nitrogens with one attached hydrogen (secondary N) is 2. The summed E-state index contributed by atoms with van der Waals surface area (Å²) in [6, 6.07) is 2.11. The Labute approximate surface area is 213 Å². The highest BCUT2D eigenvalue weighted by atomic mass is 35.5. The van der Waals surface area contributed by atoms with E-state index in [1.807, 2.05) is 6.07 Å². The monoisotopic (exact) mass is 573 g/mol. The Hall–Kier alpha value is -2.27. The lowest BCUT2D eigenvalue weighted by molar-refractivity contribution is -0.123. The number of hydrogen-bond donors (Lipinski definition) is 2. The molecule has 1 heterocycles. The highest BCUT2D eigenvalue weighted by molar-refractivity contribution is 8.45. The van der Waals surface area contributed by atoms with Crippen LogP contribution in [0.3, 0.4) is 0 Å². The van der Waals surface area contributed by atoms with Gasteiger partial charge in [0.25, 0.3) is 0 Å². The third-order valence-electron chi connectivity index (χ3n) is 6.15. The Morgan fingerprint density at radius 3 is 2.33 bits per heavy atom. The number of aromatic nitrogens is 2. The van der Waals surface area contributed by atoms with Gasteiger partial charge in [0, 0.05) is 25.8 Å². The summed E-state index contributed by atoms with van der Waals surface area (Å²) in [5.41, 5.74) is -1.33. The first-order chi connectivity index (χ1) is 16.6. The van der Waals surface area contributed by atoms with Crippen molar-refractivity contribution in [2.24, 2.45) is 5.92 Å². The predicted molar refractivity (Wildman–Crippen MR) is 127 cm³/mol. The normalized spacial score (nSPS) is 18.6. The Morgan fingerprint density at radius 2 is 1.86 bits per heavy atom. The molecule has 36 heavy (non-hydrogen) atoms. The van der Waals surface area contributed by atoms with E-state index >= 15 is 0 Å². The molecule has 0 aliphatic heterocycles. The lowest BCUT2D eigenvalue weighted by atomic mass is 9.94. The fourth-order valence-electron chi connectivity index (χ4n) is 3.96. The van der Waals surface area contributed by atoms with Crippen molar-refractivity contribution in [3.63, 3.8) is 0 Å². The summed E-state index contributed by atoms with van der Waals surface area (Å²) >= 11 is 12.1. The number of carbonyl (C=O) groups excluding carboxylic acids is 1. The number of nitriles is 1. The molecule has 1 aromatic heterocycles. The summed E-state index contributed by atoms with van der Waals surface area (Å²) in [5, 5.41) is 18.4. The van der Waals surface area contributed by atoms with Gasteiger partial charge in [0.1, 0.15) is 22.5 Å². The number of anilines is 1. The van der Waals surface area contributed by atoms with Gasteiger partial charge in [-0.05, 0) is 43.7 Å². The van der Waals surface area contributed by atoms with E-state index in [1.54, 1.807) is 0 Å². The molecule has 0 unspecified atom stereocenters. The van der Waals surface area contributed by atoms with Crippen LogP contribution in [0.25, 0.3) is 5.69 Å². The SMILES string of the molecule is COCCNC(=O)C1(c2c(C#N)nn(-c3c(Cl)cc(S(F)(F)(F)(F)F)cc3Cl)c2NCC2CC2)CC1. The second-order valence-corrected chi connectivity index (χ2v) is 12.2. The molecule has 1 aromatic carbocycles. The average Bonchev–Trinajstić information content (AvgIpc) is 3.69. The van der Waals surface area contributed by atoms with E-state index in [-0.39, 0.29) is 54.0 Å². The van der Waals surface area contributed by atoms with E-state index in [0.29, 0.717) is 25.3 Å². The quantitative estimate of drug-likeness (QED) is 0.256. The second kappa shape index (κ2) is 8.37. The van der Waals surface area contributed by atoms with E-state index < -0.39 is 30.6 Å². The minimum absolute atomic E-state index is 0.0900. The molecule has 2 aliphatic rings. The van der Waals surface area contributed by atoms with Gasteiger partial charge in [-0.25, -0.2) is 4.68 Å². The standard InChI is InChI=1S/C21H22Cl2F5N5O2S/c1-35-7-6-30-20(34)21(4-5-21)17-16(10-29)32-33(19(17)31-11-12-2-3-12)18-14(22)8-13(9-15(18)23)36(24,25,26,27)28/h8-9,12,31H,2-7,11H2,1H3,(H,30,34). The van der Waals surface area contributed by atoms with Gasteiger partial charge in [-0.3, -0.25) is 4.79 Å². The van der Waals surface area contributed by atoms with Gasteiger partial charge in [-0.1, -0.05) is 42.6 Å². The van der Waals surface area contributed by atoms with Gasteiger partial charge in [0.15, 0.2) is 5.69 Å². The summed E-state index contributed by atoms with van der Waals surface area (Å²) in [6.07, 6.45) is 2.69. The molecule has 0 atom stereocenters. The minimum Gasteiger partial charge on any atom is -0.383 e. The Balaban J connectivity index is 1.86. The van der Waals surface area contributed by atoms with Crippen molar-refractivity contribution in [3.8, 4) is 11.8 Å². The van der Waals surface area contributed by atoms with E-state index in [2.05, 4.69) is 15.7 Å². The number of benzene rings is 1. The van der Waals surface area contributed by atoms with Gasteiger partial charge in [-0.2, -0.15) is 10.4 Å². The molecule has 1 amide bonds. The molecular weight excluding hydrogens is 552 g/mol. The van der Waals surface area contributed by atoms with Crippen molar-refractivity contribution < 1.29 is 29.0 Å². The second-order valence-electron chi connectivity index (χ2n) is 8.96. The molecule has 2 aliphatic carbocycles. The summed E-state index contributed by atoms with van der Waals surface area (Å²) in [5.74, 6) is 0.110. The molecule has 15 heteroatoms. The lowest BCUT2D eigenvalue weighted by Gasteiger charge is -2.40. The topological polar surface area (TPSA) is 92.0 Å². The number of amides is 1. The number of nitrogens with zero attached hydrogens (tertiary/aromatic N) is 3. The van der Waals surface area contributed by atoms with Gasteiger partial charge >= 0.3 is 10.2 Å². The molecule has 2 N–H and O–H groups in total. The van der Waals surface area contributed by atoms with Crippen LogP contribution in [-0.2, 0) is 14.9 Å². The summed E-state index contributed by atoms with van der Waals surface area (Å²) in [6.45, 7) is 0.928. The van der Waals surface area contributed by atoms with Crippen molar-refractivity contribution in [1.29, 1.82) is 5.26 Å². The molecule has 0 bridgehead atoms. The zero-order valence-corrected chi connectivity index (χ0v) is 21.2. The first-order valence-corrected chi connectivity index (χ1v) is 13.6. The highest BCUT2D eigenvalue weighted by Crippen LogP contribution is 3.02. The van der Waals surface area contributed by atoms with Crippen LogP contribution in [0.4, 0.5) is 25.2 Å². The van der Waals surface area contributed by atoms with Crippen molar-refractivity contribution in [2.45, 2.75) is 36.0 Å². The number of rotatable bonds is 10. The summed E-state index contributed by atoms with van der Waals surface area (Å²) < 4.78 is 72.9. The first-order valence-electron chi connectivity index (χ1n) is 10.9. The molecule has 4 rings (SSSR count). The Bertz CT molecular complexity index is 1250. The summed E-state index contributed by atoms with van der Waals surface area (Å²) in [7, 11) is -8.59. The molecule has 0 radical (unpaired) electrons.